The molecule has 9 nitrogen and oxygen atoms in total. The summed E-state index contributed by atoms with van der Waals surface area (Å²) in [4.78, 5) is 35.9. The van der Waals surface area contributed by atoms with Gasteiger partial charge in [0.1, 0.15) is 12.1 Å². The standard InChI is InChI=1S/C17H26N4O2.C4H7NO2/c1-19-15-11-13(3-4-14(15)17(18)20-2)12-5-8-21(9-6-12)10-7-16(22)23;6-3-1-2-5-4-7/h3-4,11-12,19H,5-10H2,1-2H3,(H2,18,20)(H,22,23);3-4H,1-2H2,(H,5,7). The molecule has 1 saturated heterocycles. The van der Waals surface area contributed by atoms with Gasteiger partial charge in [-0.1, -0.05) is 6.07 Å². The number of amides is 1. The molecule has 1 aromatic rings. The largest absolute Gasteiger partial charge is 0.481 e. The van der Waals surface area contributed by atoms with Crippen LogP contribution in [-0.4, -0.2) is 74.8 Å². The number of aldehydes is 1. The first-order chi connectivity index (χ1) is 14.5. The molecular weight excluding hydrogens is 386 g/mol. The zero-order chi connectivity index (χ0) is 22.4. The lowest BCUT2D eigenvalue weighted by Gasteiger charge is -2.32. The van der Waals surface area contributed by atoms with Gasteiger partial charge in [-0.25, -0.2) is 0 Å². The Balaban J connectivity index is 0.000000553. The summed E-state index contributed by atoms with van der Waals surface area (Å²) >= 11 is 0. The van der Waals surface area contributed by atoms with E-state index in [4.69, 9.17) is 10.8 Å². The lowest BCUT2D eigenvalue weighted by Crippen LogP contribution is -2.34. The highest BCUT2D eigenvalue weighted by Gasteiger charge is 2.21. The molecule has 1 amide bonds. The Bertz CT molecular complexity index is 707. The summed E-state index contributed by atoms with van der Waals surface area (Å²) in [5.74, 6) is 0.318. The molecule has 1 aliphatic rings. The predicted molar refractivity (Wildman–Crippen MR) is 118 cm³/mol. The lowest BCUT2D eigenvalue weighted by molar-refractivity contribution is -0.137. The number of hydrogen-bond acceptors (Lipinski definition) is 6. The van der Waals surface area contributed by atoms with Crippen LogP contribution in [0.5, 0.6) is 0 Å². The van der Waals surface area contributed by atoms with Gasteiger partial charge in [-0.15, -0.1) is 0 Å². The summed E-state index contributed by atoms with van der Waals surface area (Å²) in [7, 11) is 3.58. The van der Waals surface area contributed by atoms with Crippen molar-refractivity contribution in [3.63, 3.8) is 0 Å². The van der Waals surface area contributed by atoms with E-state index in [1.807, 2.05) is 13.1 Å². The van der Waals surface area contributed by atoms with Gasteiger partial charge >= 0.3 is 5.97 Å². The van der Waals surface area contributed by atoms with E-state index in [2.05, 4.69) is 32.7 Å². The molecule has 5 N–H and O–H groups in total. The molecule has 0 unspecified atom stereocenters. The normalized spacial score (nSPS) is 14.9. The summed E-state index contributed by atoms with van der Waals surface area (Å²) in [6.07, 6.45) is 4.07. The molecule has 0 aliphatic carbocycles. The van der Waals surface area contributed by atoms with Gasteiger partial charge in [0, 0.05) is 44.9 Å². The first-order valence-electron chi connectivity index (χ1n) is 10.1. The molecule has 0 spiro atoms. The van der Waals surface area contributed by atoms with E-state index in [-0.39, 0.29) is 6.42 Å². The van der Waals surface area contributed by atoms with E-state index in [9.17, 15) is 14.4 Å². The molecule has 0 aromatic heterocycles. The fourth-order valence-corrected chi connectivity index (χ4v) is 3.31. The molecule has 1 aromatic carbocycles. The Hall–Kier alpha value is -2.94. The van der Waals surface area contributed by atoms with Crippen LogP contribution in [0.15, 0.2) is 23.2 Å². The lowest BCUT2D eigenvalue weighted by atomic mass is 9.88. The summed E-state index contributed by atoms with van der Waals surface area (Å²) in [5, 5.41) is 14.3. The van der Waals surface area contributed by atoms with Crippen LogP contribution in [-0.2, 0) is 14.4 Å². The van der Waals surface area contributed by atoms with Crippen LogP contribution < -0.4 is 16.4 Å². The molecule has 9 heteroatoms. The molecule has 0 radical (unpaired) electrons. The topological polar surface area (TPSA) is 137 Å². The van der Waals surface area contributed by atoms with Crippen LogP contribution in [0.25, 0.3) is 0 Å². The van der Waals surface area contributed by atoms with E-state index >= 15 is 0 Å². The third-order valence-corrected chi connectivity index (χ3v) is 5.02. The number of likely N-dealkylation sites (tertiary alicyclic amines) is 1. The Morgan fingerprint density at radius 1 is 1.33 bits per heavy atom. The summed E-state index contributed by atoms with van der Waals surface area (Å²) in [5.41, 5.74) is 9.16. The number of carbonyl (C=O) groups is 3. The second kappa shape index (κ2) is 14.1. The van der Waals surface area contributed by atoms with Crippen LogP contribution in [0.3, 0.4) is 0 Å². The zero-order valence-corrected chi connectivity index (χ0v) is 17.8. The van der Waals surface area contributed by atoms with Crippen LogP contribution >= 0.6 is 0 Å². The van der Waals surface area contributed by atoms with Gasteiger partial charge in [-0.2, -0.15) is 0 Å². The molecular formula is C21H33N5O4. The van der Waals surface area contributed by atoms with E-state index < -0.39 is 5.97 Å². The number of amidine groups is 1. The Labute approximate surface area is 177 Å². The smallest absolute Gasteiger partial charge is 0.304 e. The van der Waals surface area contributed by atoms with Crippen LogP contribution in [0.2, 0.25) is 0 Å². The first kappa shape index (κ1) is 25.1. The Morgan fingerprint density at radius 2 is 2.03 bits per heavy atom. The number of nitrogens with zero attached hydrogens (tertiary/aromatic N) is 2. The summed E-state index contributed by atoms with van der Waals surface area (Å²) < 4.78 is 0. The van der Waals surface area contributed by atoms with Crippen LogP contribution in [0.1, 0.15) is 42.7 Å². The number of carbonyl (C=O) groups excluding carboxylic acids is 2. The van der Waals surface area contributed by atoms with Crippen molar-refractivity contribution in [2.24, 2.45) is 10.7 Å². The number of hydrogen-bond donors (Lipinski definition) is 4. The molecule has 0 saturated carbocycles. The number of rotatable bonds is 10. The van der Waals surface area contributed by atoms with Crippen molar-refractivity contribution >= 4 is 30.2 Å². The van der Waals surface area contributed by atoms with E-state index in [1.165, 1.54) is 5.56 Å². The highest BCUT2D eigenvalue weighted by atomic mass is 16.4. The monoisotopic (exact) mass is 419 g/mol. The van der Waals surface area contributed by atoms with Crippen molar-refractivity contribution < 1.29 is 19.5 Å². The van der Waals surface area contributed by atoms with Crippen molar-refractivity contribution in [1.29, 1.82) is 0 Å². The summed E-state index contributed by atoms with van der Waals surface area (Å²) in [6, 6.07) is 6.32. The average Bonchev–Trinajstić information content (AvgIpc) is 2.78. The van der Waals surface area contributed by atoms with Gasteiger partial charge in [0.15, 0.2) is 0 Å². The molecule has 2 rings (SSSR count). The van der Waals surface area contributed by atoms with E-state index in [1.54, 1.807) is 7.05 Å². The summed E-state index contributed by atoms with van der Waals surface area (Å²) in [6.45, 7) is 3.00. The number of carboxylic acids is 1. The minimum atomic E-state index is -0.725. The van der Waals surface area contributed by atoms with Crippen molar-refractivity contribution in [3.8, 4) is 0 Å². The Morgan fingerprint density at radius 3 is 2.57 bits per heavy atom. The van der Waals surface area contributed by atoms with Gasteiger partial charge in [0.05, 0.1) is 6.42 Å². The van der Waals surface area contributed by atoms with Crippen LogP contribution in [0.4, 0.5) is 5.69 Å². The van der Waals surface area contributed by atoms with Gasteiger partial charge in [-0.05, 0) is 49.5 Å². The second-order valence-electron chi connectivity index (χ2n) is 6.95. The SMILES string of the molecule is CN=C(N)c1ccc(C2CCN(CCC(=O)O)CC2)cc1NC.O=CCCNC=O. The molecule has 1 fully saturated rings. The number of nitrogens with two attached hydrogens (primary N) is 1. The van der Waals surface area contributed by atoms with E-state index in [0.29, 0.717) is 37.7 Å². The average molecular weight is 420 g/mol. The fourth-order valence-electron chi connectivity index (χ4n) is 3.31. The third kappa shape index (κ3) is 8.60. The van der Waals surface area contributed by atoms with Gasteiger partial charge < -0.3 is 31.2 Å². The molecule has 0 atom stereocenters. The number of nitrogens with one attached hydrogen (secondary N) is 2. The maximum Gasteiger partial charge on any atom is 0.304 e. The van der Waals surface area contributed by atoms with Crippen molar-refractivity contribution in [2.75, 3.05) is 45.6 Å². The Kier molecular flexibility index (Phi) is 11.8. The van der Waals surface area contributed by atoms with Crippen molar-refractivity contribution in [1.82, 2.24) is 10.2 Å². The van der Waals surface area contributed by atoms with Gasteiger partial charge in [-0.3, -0.25) is 14.6 Å². The maximum atomic E-state index is 10.7. The zero-order valence-electron chi connectivity index (χ0n) is 17.8. The molecule has 1 aliphatic heterocycles. The third-order valence-electron chi connectivity index (χ3n) is 5.02. The maximum absolute atomic E-state index is 10.7. The predicted octanol–water partition coefficient (Wildman–Crippen LogP) is 1.04. The van der Waals surface area contributed by atoms with Gasteiger partial charge in [0.25, 0.3) is 0 Å². The minimum Gasteiger partial charge on any atom is -0.481 e. The number of carboxylic acid groups (broad SMARTS) is 1. The molecule has 0 bridgehead atoms. The van der Waals surface area contributed by atoms with Crippen LogP contribution in [0, 0.1) is 0 Å². The minimum absolute atomic E-state index is 0.221. The van der Waals surface area contributed by atoms with Crippen molar-refractivity contribution in [3.05, 3.63) is 29.3 Å². The number of aliphatic imine (C=N–C) groups is 1. The first-order valence-corrected chi connectivity index (χ1v) is 10.1. The number of piperidine rings is 1. The number of anilines is 1. The molecule has 30 heavy (non-hydrogen) atoms. The number of benzene rings is 1. The second-order valence-corrected chi connectivity index (χ2v) is 6.95. The van der Waals surface area contributed by atoms with E-state index in [0.717, 1.165) is 43.5 Å². The van der Waals surface area contributed by atoms with Gasteiger partial charge in [0.2, 0.25) is 6.41 Å². The van der Waals surface area contributed by atoms with Crippen molar-refractivity contribution in [2.45, 2.75) is 31.6 Å². The number of aliphatic carboxylic acids is 1. The fraction of sp³-hybridized carbons (Fsp3) is 0.524. The molecule has 1 heterocycles. The molecule has 166 valence electrons. The highest BCUT2D eigenvalue weighted by molar-refractivity contribution is 6.02. The highest BCUT2D eigenvalue weighted by Crippen LogP contribution is 2.30. The quantitative estimate of drug-likeness (QED) is 0.192.